The van der Waals surface area contributed by atoms with Crippen LogP contribution in [0.2, 0.25) is 0 Å². The fraction of sp³-hybridized carbons (Fsp3) is 1.00. The first-order chi connectivity index (χ1) is 8.97. The molecule has 0 amide bonds. The molecule has 1 N–H and O–H groups in total. The van der Waals surface area contributed by atoms with Gasteiger partial charge in [0.05, 0.1) is 5.75 Å². The van der Waals surface area contributed by atoms with Crippen LogP contribution >= 0.6 is 15.9 Å². The number of sulfonamides is 1. The van der Waals surface area contributed by atoms with E-state index < -0.39 is 10.0 Å². The number of hydrogen-bond acceptors (Lipinski definition) is 2. The maximum atomic E-state index is 12.2. The van der Waals surface area contributed by atoms with Crippen molar-refractivity contribution in [1.29, 1.82) is 0 Å². The smallest absolute Gasteiger partial charge is 0.211 e. The first-order valence-electron chi connectivity index (χ1n) is 7.50. The maximum Gasteiger partial charge on any atom is 0.211 e. The van der Waals surface area contributed by atoms with Crippen LogP contribution in [-0.2, 0) is 10.0 Å². The third-order valence-corrected chi connectivity index (χ3v) is 7.31. The minimum Gasteiger partial charge on any atom is -0.215 e. The van der Waals surface area contributed by atoms with Crippen LogP contribution in [-0.4, -0.2) is 26.0 Å². The average Bonchev–Trinajstić information content (AvgIpc) is 2.41. The number of halogens is 1. The van der Waals surface area contributed by atoms with Gasteiger partial charge in [0.15, 0.2) is 0 Å². The van der Waals surface area contributed by atoms with E-state index in [2.05, 4.69) is 34.5 Å². The van der Waals surface area contributed by atoms with Gasteiger partial charge >= 0.3 is 0 Å². The molecule has 0 heterocycles. The van der Waals surface area contributed by atoms with Gasteiger partial charge < -0.3 is 0 Å². The summed E-state index contributed by atoms with van der Waals surface area (Å²) >= 11 is 3.52. The van der Waals surface area contributed by atoms with Crippen LogP contribution in [0.25, 0.3) is 0 Å². The molecule has 1 saturated carbocycles. The number of alkyl halides is 1. The Hall–Kier alpha value is 0.390. The molecule has 0 atom stereocenters. The molecule has 1 rings (SSSR count). The molecule has 0 aromatic rings. The monoisotopic (exact) mass is 353 g/mol. The quantitative estimate of drug-likeness (QED) is 0.676. The Balaban J connectivity index is 2.49. The Labute approximate surface area is 127 Å². The first-order valence-corrected chi connectivity index (χ1v) is 10.3. The van der Waals surface area contributed by atoms with Crippen molar-refractivity contribution in [2.75, 3.05) is 17.6 Å². The van der Waals surface area contributed by atoms with Crippen LogP contribution in [0, 0.1) is 11.3 Å². The van der Waals surface area contributed by atoms with E-state index in [0.717, 1.165) is 31.0 Å². The molecule has 114 valence electrons. The van der Waals surface area contributed by atoms with Gasteiger partial charge in [0.25, 0.3) is 0 Å². The Morgan fingerprint density at radius 1 is 1.16 bits per heavy atom. The van der Waals surface area contributed by atoms with E-state index in [0.29, 0.717) is 18.2 Å². The van der Waals surface area contributed by atoms with Crippen molar-refractivity contribution in [3.63, 3.8) is 0 Å². The highest BCUT2D eigenvalue weighted by atomic mass is 79.9. The summed E-state index contributed by atoms with van der Waals surface area (Å²) in [5.74, 6) is 0.687. The molecule has 1 aliphatic carbocycles. The van der Waals surface area contributed by atoms with Crippen molar-refractivity contribution < 1.29 is 8.42 Å². The zero-order valence-electron chi connectivity index (χ0n) is 12.3. The van der Waals surface area contributed by atoms with Gasteiger partial charge in [-0.1, -0.05) is 49.0 Å². The zero-order valence-corrected chi connectivity index (χ0v) is 14.7. The molecule has 0 aromatic carbocycles. The van der Waals surface area contributed by atoms with E-state index in [1.807, 2.05) is 0 Å². The zero-order chi connectivity index (χ0) is 14.4. The van der Waals surface area contributed by atoms with E-state index in [1.54, 1.807) is 0 Å². The van der Waals surface area contributed by atoms with Crippen LogP contribution in [0.4, 0.5) is 0 Å². The van der Waals surface area contributed by atoms with Gasteiger partial charge in [0.2, 0.25) is 10.0 Å². The molecule has 0 saturated heterocycles. The lowest BCUT2D eigenvalue weighted by Gasteiger charge is -2.30. The summed E-state index contributed by atoms with van der Waals surface area (Å²) < 4.78 is 27.2. The summed E-state index contributed by atoms with van der Waals surface area (Å²) in [6, 6.07) is 0. The molecule has 1 aliphatic rings. The van der Waals surface area contributed by atoms with Gasteiger partial charge in [-0.05, 0) is 37.0 Å². The third-order valence-electron chi connectivity index (χ3n) is 4.63. The Bertz CT molecular complexity index is 338. The number of nitrogens with one attached hydrogen (secondary N) is 1. The number of rotatable bonds is 8. The van der Waals surface area contributed by atoms with Crippen LogP contribution in [0.3, 0.4) is 0 Å². The summed E-state index contributed by atoms with van der Waals surface area (Å²) in [6.07, 6.45) is 7.77. The fourth-order valence-electron chi connectivity index (χ4n) is 2.72. The van der Waals surface area contributed by atoms with Crippen LogP contribution in [0.15, 0.2) is 0 Å². The lowest BCUT2D eigenvalue weighted by molar-refractivity contribution is 0.308. The van der Waals surface area contributed by atoms with E-state index in [-0.39, 0.29) is 5.41 Å². The Kier molecular flexibility index (Phi) is 7.33. The third kappa shape index (κ3) is 5.72. The van der Waals surface area contributed by atoms with Crippen LogP contribution < -0.4 is 4.72 Å². The predicted molar refractivity (Wildman–Crippen MR) is 85.2 cm³/mol. The van der Waals surface area contributed by atoms with Gasteiger partial charge in [-0.15, -0.1) is 0 Å². The normalized spacial score (nSPS) is 18.7. The summed E-state index contributed by atoms with van der Waals surface area (Å²) in [5, 5.41) is 0.846. The van der Waals surface area contributed by atoms with Gasteiger partial charge in [-0.25, -0.2) is 13.1 Å². The lowest BCUT2D eigenvalue weighted by atomic mass is 9.85. The molecule has 0 radical (unpaired) electrons. The summed E-state index contributed by atoms with van der Waals surface area (Å²) in [4.78, 5) is 0. The van der Waals surface area contributed by atoms with Crippen LogP contribution in [0.5, 0.6) is 0 Å². The Morgan fingerprint density at radius 2 is 1.74 bits per heavy atom. The van der Waals surface area contributed by atoms with Crippen molar-refractivity contribution in [1.82, 2.24) is 4.72 Å². The molecule has 0 spiro atoms. The minimum atomic E-state index is -3.12. The van der Waals surface area contributed by atoms with Crippen molar-refractivity contribution in [3.05, 3.63) is 0 Å². The molecular weight excluding hydrogens is 326 g/mol. The molecule has 1 fully saturated rings. The van der Waals surface area contributed by atoms with Gasteiger partial charge in [0, 0.05) is 11.9 Å². The molecule has 3 nitrogen and oxygen atoms in total. The topological polar surface area (TPSA) is 46.2 Å². The second-order valence-corrected chi connectivity index (χ2v) is 8.36. The summed E-state index contributed by atoms with van der Waals surface area (Å²) in [5.41, 5.74) is 0.0552. The van der Waals surface area contributed by atoms with E-state index in [9.17, 15) is 8.42 Å². The Morgan fingerprint density at radius 3 is 2.21 bits per heavy atom. The molecule has 0 unspecified atom stereocenters. The van der Waals surface area contributed by atoms with Crippen molar-refractivity contribution in [3.8, 4) is 0 Å². The average molecular weight is 354 g/mol. The van der Waals surface area contributed by atoms with Gasteiger partial charge in [-0.3, -0.25) is 0 Å². The SMILES string of the molecule is CCC(CC)(CBr)CNS(=O)(=O)CC1CCCCC1. The van der Waals surface area contributed by atoms with Crippen molar-refractivity contribution >= 4 is 26.0 Å². The largest absolute Gasteiger partial charge is 0.215 e. The summed E-state index contributed by atoms with van der Waals surface area (Å²) in [7, 11) is -3.12. The van der Waals surface area contributed by atoms with E-state index in [1.165, 1.54) is 19.3 Å². The first kappa shape index (κ1) is 17.4. The van der Waals surface area contributed by atoms with Crippen molar-refractivity contribution in [2.45, 2.75) is 58.8 Å². The van der Waals surface area contributed by atoms with Crippen molar-refractivity contribution in [2.24, 2.45) is 11.3 Å². The molecule has 0 aromatic heterocycles. The second-order valence-electron chi connectivity index (χ2n) is 5.95. The van der Waals surface area contributed by atoms with E-state index >= 15 is 0 Å². The van der Waals surface area contributed by atoms with Gasteiger partial charge in [0.1, 0.15) is 0 Å². The van der Waals surface area contributed by atoms with Gasteiger partial charge in [-0.2, -0.15) is 0 Å². The fourth-order valence-corrected chi connectivity index (χ4v) is 5.31. The van der Waals surface area contributed by atoms with Crippen LogP contribution in [0.1, 0.15) is 58.8 Å². The highest BCUT2D eigenvalue weighted by Gasteiger charge is 2.28. The van der Waals surface area contributed by atoms with E-state index in [4.69, 9.17) is 0 Å². The summed E-state index contributed by atoms with van der Waals surface area (Å²) in [6.45, 7) is 4.81. The lowest BCUT2D eigenvalue weighted by Crippen LogP contribution is -2.40. The minimum absolute atomic E-state index is 0.0552. The standard InChI is InChI=1S/C14H28BrNO2S/c1-3-14(4-2,11-15)12-16-19(17,18)10-13-8-6-5-7-9-13/h13,16H,3-12H2,1-2H3. The number of hydrogen-bond donors (Lipinski definition) is 1. The molecular formula is C14H28BrNO2S. The molecule has 5 heteroatoms. The molecule has 0 aliphatic heterocycles. The molecule has 19 heavy (non-hydrogen) atoms. The predicted octanol–water partition coefficient (Wildman–Crippen LogP) is 3.69. The highest BCUT2D eigenvalue weighted by molar-refractivity contribution is 9.09. The highest BCUT2D eigenvalue weighted by Crippen LogP contribution is 2.29. The second kappa shape index (κ2) is 7.99. The molecule has 0 bridgehead atoms. The maximum absolute atomic E-state index is 12.2.